The van der Waals surface area contributed by atoms with Crippen LogP contribution < -0.4 is 11.4 Å². The van der Waals surface area contributed by atoms with Crippen molar-refractivity contribution in [1.82, 2.24) is 20.2 Å². The molecule has 0 saturated carbocycles. The molecule has 0 spiro atoms. The lowest BCUT2D eigenvalue weighted by molar-refractivity contribution is 0.899. The van der Waals surface area contributed by atoms with Gasteiger partial charge in [-0.15, -0.1) is 0 Å². The summed E-state index contributed by atoms with van der Waals surface area (Å²) in [4.78, 5) is 16.8. The van der Waals surface area contributed by atoms with Crippen LogP contribution in [0, 0.1) is 6.92 Å². The highest BCUT2D eigenvalue weighted by Gasteiger charge is 2.12. The fourth-order valence-electron chi connectivity index (χ4n) is 2.37. The molecule has 5 N–H and O–H groups in total. The van der Waals surface area contributed by atoms with E-state index in [1.54, 1.807) is 0 Å². The minimum absolute atomic E-state index is 0.196. The average Bonchev–Trinajstić information content (AvgIpc) is 2.91. The van der Waals surface area contributed by atoms with Crippen LogP contribution in [-0.2, 0) is 6.42 Å². The molecule has 98 valence electrons. The van der Waals surface area contributed by atoms with Crippen LogP contribution in [0.25, 0.3) is 22.2 Å². The Morgan fingerprint density at radius 1 is 1.26 bits per heavy atom. The van der Waals surface area contributed by atoms with E-state index in [9.17, 15) is 4.79 Å². The van der Waals surface area contributed by atoms with Crippen LogP contribution >= 0.6 is 0 Å². The van der Waals surface area contributed by atoms with Gasteiger partial charge in [0.2, 0.25) is 0 Å². The van der Waals surface area contributed by atoms with Crippen molar-refractivity contribution in [3.8, 4) is 11.1 Å². The molecule has 0 aliphatic rings. The lowest BCUT2D eigenvalue weighted by Gasteiger charge is -2.03. The Labute approximate surface area is 109 Å². The number of aromatic nitrogens is 4. The first-order valence-corrected chi connectivity index (χ1v) is 6.15. The van der Waals surface area contributed by atoms with Crippen molar-refractivity contribution in [2.75, 3.05) is 6.54 Å². The molecule has 2 aromatic heterocycles. The van der Waals surface area contributed by atoms with Crippen LogP contribution in [0.15, 0.2) is 23.0 Å². The third-order valence-electron chi connectivity index (χ3n) is 3.21. The van der Waals surface area contributed by atoms with Gasteiger partial charge in [-0.05, 0) is 31.2 Å². The van der Waals surface area contributed by atoms with Gasteiger partial charge in [-0.1, -0.05) is 6.07 Å². The van der Waals surface area contributed by atoms with Crippen molar-refractivity contribution < 1.29 is 0 Å². The van der Waals surface area contributed by atoms with Gasteiger partial charge in [0.05, 0.1) is 16.7 Å². The minimum Gasteiger partial charge on any atom is -0.330 e. The van der Waals surface area contributed by atoms with E-state index in [1.165, 1.54) is 0 Å². The summed E-state index contributed by atoms with van der Waals surface area (Å²) < 4.78 is 0. The van der Waals surface area contributed by atoms with Crippen LogP contribution in [-0.4, -0.2) is 26.7 Å². The Balaban J connectivity index is 2.17. The van der Waals surface area contributed by atoms with E-state index < -0.39 is 0 Å². The van der Waals surface area contributed by atoms with Crippen LogP contribution in [0.4, 0.5) is 0 Å². The maximum Gasteiger partial charge on any atom is 0.323 e. The predicted octanol–water partition coefficient (Wildman–Crippen LogP) is 1.06. The average molecular weight is 257 g/mol. The molecule has 0 fully saturated rings. The van der Waals surface area contributed by atoms with E-state index in [0.29, 0.717) is 6.54 Å². The number of hydrogen-bond acceptors (Lipinski definition) is 3. The van der Waals surface area contributed by atoms with Gasteiger partial charge >= 0.3 is 5.69 Å². The second-order valence-electron chi connectivity index (χ2n) is 4.55. The molecule has 3 rings (SSSR count). The first-order valence-electron chi connectivity index (χ1n) is 6.15. The molecule has 0 amide bonds. The fourth-order valence-corrected chi connectivity index (χ4v) is 2.37. The molecule has 3 aromatic rings. The SMILES string of the molecule is Cc1[nH]nc(CCN)c1-c1ccc2[nH]c(=O)[nH]c2c1. The summed E-state index contributed by atoms with van der Waals surface area (Å²) in [6.45, 7) is 2.53. The van der Waals surface area contributed by atoms with Gasteiger partial charge < -0.3 is 15.7 Å². The zero-order valence-corrected chi connectivity index (χ0v) is 10.6. The van der Waals surface area contributed by atoms with Crippen LogP contribution in [0.2, 0.25) is 0 Å². The summed E-state index contributed by atoms with van der Waals surface area (Å²) in [5.41, 5.74) is 11.0. The van der Waals surface area contributed by atoms with E-state index in [4.69, 9.17) is 5.73 Å². The number of nitrogens with one attached hydrogen (secondary N) is 3. The molecule has 0 aliphatic carbocycles. The van der Waals surface area contributed by atoms with Gasteiger partial charge in [0.25, 0.3) is 0 Å². The zero-order valence-electron chi connectivity index (χ0n) is 10.6. The molecule has 6 heteroatoms. The molecule has 0 atom stereocenters. The van der Waals surface area contributed by atoms with Crippen LogP contribution in [0.3, 0.4) is 0 Å². The summed E-state index contributed by atoms with van der Waals surface area (Å²) in [5, 5.41) is 7.27. The lowest BCUT2D eigenvalue weighted by Crippen LogP contribution is -2.04. The predicted molar refractivity (Wildman–Crippen MR) is 74.0 cm³/mol. The molecular formula is C13H15N5O. The topological polar surface area (TPSA) is 103 Å². The molecule has 0 radical (unpaired) electrons. The fraction of sp³-hybridized carbons (Fsp3) is 0.231. The first kappa shape index (κ1) is 11.7. The Bertz CT molecular complexity index is 780. The number of nitrogens with zero attached hydrogens (tertiary/aromatic N) is 1. The molecular weight excluding hydrogens is 242 g/mol. The largest absolute Gasteiger partial charge is 0.330 e. The number of nitrogens with two attached hydrogens (primary N) is 1. The summed E-state index contributed by atoms with van der Waals surface area (Å²) in [6.07, 6.45) is 0.724. The van der Waals surface area contributed by atoms with Crippen molar-refractivity contribution in [2.45, 2.75) is 13.3 Å². The van der Waals surface area contributed by atoms with Crippen molar-refractivity contribution in [3.63, 3.8) is 0 Å². The minimum atomic E-state index is -0.196. The Morgan fingerprint density at radius 3 is 2.84 bits per heavy atom. The Hall–Kier alpha value is -2.34. The molecule has 19 heavy (non-hydrogen) atoms. The van der Waals surface area contributed by atoms with Crippen LogP contribution in [0.5, 0.6) is 0 Å². The summed E-state index contributed by atoms with van der Waals surface area (Å²) in [7, 11) is 0. The normalized spacial score (nSPS) is 11.3. The standard InChI is InChI=1S/C13H15N5O/c1-7-12(10(4-5-14)18-17-7)8-2-3-9-11(6-8)16-13(19)15-9/h2-3,6H,4-5,14H2,1H3,(H,17,18)(H2,15,16,19). The highest BCUT2D eigenvalue weighted by atomic mass is 16.1. The maximum atomic E-state index is 11.3. The lowest BCUT2D eigenvalue weighted by atomic mass is 10.0. The van der Waals surface area contributed by atoms with Gasteiger partial charge in [0, 0.05) is 17.7 Å². The number of fused-ring (bicyclic) bond motifs is 1. The van der Waals surface area contributed by atoms with E-state index in [-0.39, 0.29) is 5.69 Å². The van der Waals surface area contributed by atoms with Gasteiger partial charge in [0.1, 0.15) is 0 Å². The van der Waals surface area contributed by atoms with E-state index in [0.717, 1.165) is 40.0 Å². The van der Waals surface area contributed by atoms with Crippen molar-refractivity contribution >= 4 is 11.0 Å². The number of hydrogen-bond donors (Lipinski definition) is 4. The van der Waals surface area contributed by atoms with Gasteiger partial charge in [-0.25, -0.2) is 4.79 Å². The number of benzene rings is 1. The van der Waals surface area contributed by atoms with Gasteiger partial charge in [-0.3, -0.25) is 5.10 Å². The molecule has 0 bridgehead atoms. The molecule has 6 nitrogen and oxygen atoms in total. The van der Waals surface area contributed by atoms with Gasteiger partial charge in [0.15, 0.2) is 0 Å². The Kier molecular flexibility index (Phi) is 2.72. The van der Waals surface area contributed by atoms with Crippen molar-refractivity contribution in [3.05, 3.63) is 40.1 Å². The molecule has 0 saturated heterocycles. The molecule has 2 heterocycles. The van der Waals surface area contributed by atoms with E-state index >= 15 is 0 Å². The third-order valence-corrected chi connectivity index (χ3v) is 3.21. The summed E-state index contributed by atoms with van der Waals surface area (Å²) in [5.74, 6) is 0. The molecule has 1 aromatic carbocycles. The zero-order chi connectivity index (χ0) is 13.4. The number of H-pyrrole nitrogens is 3. The maximum absolute atomic E-state index is 11.3. The summed E-state index contributed by atoms with van der Waals surface area (Å²) >= 11 is 0. The molecule has 0 aliphatic heterocycles. The number of rotatable bonds is 3. The van der Waals surface area contributed by atoms with Gasteiger partial charge in [-0.2, -0.15) is 5.10 Å². The third kappa shape index (κ3) is 1.96. The van der Waals surface area contributed by atoms with E-state index in [1.807, 2.05) is 25.1 Å². The Morgan fingerprint density at radius 2 is 2.05 bits per heavy atom. The highest BCUT2D eigenvalue weighted by Crippen LogP contribution is 2.27. The number of imidazole rings is 1. The monoisotopic (exact) mass is 257 g/mol. The summed E-state index contributed by atoms with van der Waals surface area (Å²) in [6, 6.07) is 5.82. The van der Waals surface area contributed by atoms with E-state index in [2.05, 4.69) is 20.2 Å². The highest BCUT2D eigenvalue weighted by molar-refractivity contribution is 5.82. The van der Waals surface area contributed by atoms with Crippen molar-refractivity contribution in [2.24, 2.45) is 5.73 Å². The number of aromatic amines is 3. The second kappa shape index (κ2) is 4.40. The smallest absolute Gasteiger partial charge is 0.323 e. The number of aryl methyl sites for hydroxylation is 1. The second-order valence-corrected chi connectivity index (χ2v) is 4.55. The van der Waals surface area contributed by atoms with Crippen molar-refractivity contribution in [1.29, 1.82) is 0 Å². The quantitative estimate of drug-likeness (QED) is 0.564. The first-order chi connectivity index (χ1) is 9.19. The van der Waals surface area contributed by atoms with Crippen LogP contribution in [0.1, 0.15) is 11.4 Å². The molecule has 0 unspecified atom stereocenters.